The Morgan fingerprint density at radius 2 is 2.14 bits per heavy atom. The van der Waals surface area contributed by atoms with E-state index in [9.17, 15) is 4.79 Å². The minimum absolute atomic E-state index is 0.121. The minimum atomic E-state index is -0.452. The molecule has 14 heavy (non-hydrogen) atoms. The highest BCUT2D eigenvalue weighted by atomic mass is 16.3. The summed E-state index contributed by atoms with van der Waals surface area (Å²) in [5.74, 6) is 0.247. The molecule has 0 saturated carbocycles. The SMILES string of the molecule is CCCC(CCO)CNC(=O)C(C)N. The van der Waals surface area contributed by atoms with Crippen molar-refractivity contribution in [2.45, 2.75) is 39.2 Å². The fourth-order valence-corrected chi connectivity index (χ4v) is 1.35. The highest BCUT2D eigenvalue weighted by molar-refractivity contribution is 5.80. The molecular weight excluding hydrogens is 180 g/mol. The Hall–Kier alpha value is -0.610. The molecule has 0 fully saturated rings. The zero-order valence-corrected chi connectivity index (χ0v) is 9.12. The summed E-state index contributed by atoms with van der Waals surface area (Å²) in [6, 6.07) is -0.452. The van der Waals surface area contributed by atoms with Crippen LogP contribution in [0.2, 0.25) is 0 Å². The van der Waals surface area contributed by atoms with Gasteiger partial charge in [-0.05, 0) is 25.7 Å². The molecule has 84 valence electrons. The topological polar surface area (TPSA) is 75.3 Å². The van der Waals surface area contributed by atoms with Gasteiger partial charge in [0.25, 0.3) is 0 Å². The van der Waals surface area contributed by atoms with Crippen LogP contribution < -0.4 is 11.1 Å². The van der Waals surface area contributed by atoms with Crippen molar-refractivity contribution in [2.75, 3.05) is 13.2 Å². The van der Waals surface area contributed by atoms with Crippen LogP contribution in [-0.4, -0.2) is 30.2 Å². The average Bonchev–Trinajstić information content (AvgIpc) is 2.14. The van der Waals surface area contributed by atoms with Crippen LogP contribution in [0.3, 0.4) is 0 Å². The van der Waals surface area contributed by atoms with Gasteiger partial charge in [-0.15, -0.1) is 0 Å². The van der Waals surface area contributed by atoms with Gasteiger partial charge in [0.15, 0.2) is 0 Å². The first-order valence-electron chi connectivity index (χ1n) is 5.26. The summed E-state index contributed by atoms with van der Waals surface area (Å²) in [5.41, 5.74) is 5.41. The summed E-state index contributed by atoms with van der Waals surface area (Å²) in [5, 5.41) is 11.6. The van der Waals surface area contributed by atoms with Crippen LogP contribution in [-0.2, 0) is 4.79 Å². The summed E-state index contributed by atoms with van der Waals surface area (Å²) >= 11 is 0. The predicted octanol–water partition coefficient (Wildman–Crippen LogP) is 0.249. The molecule has 1 amide bonds. The van der Waals surface area contributed by atoms with Crippen LogP contribution >= 0.6 is 0 Å². The minimum Gasteiger partial charge on any atom is -0.396 e. The lowest BCUT2D eigenvalue weighted by molar-refractivity contribution is -0.122. The number of hydrogen-bond acceptors (Lipinski definition) is 3. The lowest BCUT2D eigenvalue weighted by atomic mass is 10.0. The fourth-order valence-electron chi connectivity index (χ4n) is 1.35. The number of rotatable bonds is 7. The normalized spacial score (nSPS) is 14.9. The molecule has 4 N–H and O–H groups in total. The van der Waals surface area contributed by atoms with Gasteiger partial charge >= 0.3 is 0 Å². The van der Waals surface area contributed by atoms with Crippen molar-refractivity contribution < 1.29 is 9.90 Å². The highest BCUT2D eigenvalue weighted by Crippen LogP contribution is 2.09. The van der Waals surface area contributed by atoms with Gasteiger partial charge in [-0.3, -0.25) is 4.79 Å². The van der Waals surface area contributed by atoms with E-state index in [0.717, 1.165) is 19.3 Å². The number of nitrogens with one attached hydrogen (secondary N) is 1. The largest absolute Gasteiger partial charge is 0.396 e. The Morgan fingerprint density at radius 3 is 2.57 bits per heavy atom. The number of aliphatic hydroxyl groups excluding tert-OH is 1. The summed E-state index contributed by atoms with van der Waals surface area (Å²) in [6.45, 7) is 4.56. The first-order chi connectivity index (χ1) is 6.61. The summed E-state index contributed by atoms with van der Waals surface area (Å²) in [7, 11) is 0. The first kappa shape index (κ1) is 13.4. The molecule has 0 heterocycles. The van der Waals surface area contributed by atoms with Crippen molar-refractivity contribution in [3.05, 3.63) is 0 Å². The number of carbonyl (C=O) groups excluding carboxylic acids is 1. The van der Waals surface area contributed by atoms with Gasteiger partial charge in [-0.2, -0.15) is 0 Å². The van der Waals surface area contributed by atoms with Gasteiger partial charge in [-0.1, -0.05) is 13.3 Å². The van der Waals surface area contributed by atoms with Crippen molar-refractivity contribution in [3.63, 3.8) is 0 Å². The van der Waals surface area contributed by atoms with E-state index in [1.54, 1.807) is 6.92 Å². The Bertz CT molecular complexity index is 154. The maximum absolute atomic E-state index is 11.2. The van der Waals surface area contributed by atoms with Gasteiger partial charge in [0.05, 0.1) is 6.04 Å². The van der Waals surface area contributed by atoms with Crippen LogP contribution in [0.15, 0.2) is 0 Å². The number of aliphatic hydroxyl groups is 1. The van der Waals surface area contributed by atoms with Crippen molar-refractivity contribution >= 4 is 5.91 Å². The van der Waals surface area contributed by atoms with E-state index in [0.29, 0.717) is 12.5 Å². The second kappa shape index (κ2) is 7.76. The van der Waals surface area contributed by atoms with E-state index in [2.05, 4.69) is 12.2 Å². The number of carbonyl (C=O) groups is 1. The highest BCUT2D eigenvalue weighted by Gasteiger charge is 2.11. The van der Waals surface area contributed by atoms with Crippen LogP contribution in [0.25, 0.3) is 0 Å². The molecule has 2 atom stereocenters. The zero-order chi connectivity index (χ0) is 11.0. The molecule has 4 nitrogen and oxygen atoms in total. The van der Waals surface area contributed by atoms with Crippen molar-refractivity contribution in [3.8, 4) is 0 Å². The Balaban J connectivity index is 3.74. The molecule has 0 aromatic rings. The smallest absolute Gasteiger partial charge is 0.236 e. The maximum atomic E-state index is 11.2. The third-order valence-corrected chi connectivity index (χ3v) is 2.21. The Labute approximate surface area is 85.9 Å². The molecule has 0 aliphatic carbocycles. The van der Waals surface area contributed by atoms with Crippen LogP contribution in [0, 0.1) is 5.92 Å². The molecule has 0 bridgehead atoms. The summed E-state index contributed by atoms with van der Waals surface area (Å²) < 4.78 is 0. The van der Waals surface area contributed by atoms with E-state index >= 15 is 0 Å². The molecular formula is C10H22N2O2. The second-order valence-corrected chi connectivity index (χ2v) is 3.70. The van der Waals surface area contributed by atoms with Crippen molar-refractivity contribution in [1.29, 1.82) is 0 Å². The third-order valence-electron chi connectivity index (χ3n) is 2.21. The monoisotopic (exact) mass is 202 g/mol. The van der Waals surface area contributed by atoms with Crippen LogP contribution in [0.1, 0.15) is 33.1 Å². The molecule has 0 radical (unpaired) electrons. The lowest BCUT2D eigenvalue weighted by Crippen LogP contribution is -2.40. The van der Waals surface area contributed by atoms with E-state index in [-0.39, 0.29) is 12.5 Å². The predicted molar refractivity (Wildman–Crippen MR) is 56.8 cm³/mol. The molecule has 2 unspecified atom stereocenters. The van der Waals surface area contributed by atoms with Gasteiger partial charge in [-0.25, -0.2) is 0 Å². The fraction of sp³-hybridized carbons (Fsp3) is 0.900. The van der Waals surface area contributed by atoms with Crippen LogP contribution in [0.5, 0.6) is 0 Å². The van der Waals surface area contributed by atoms with Gasteiger partial charge in [0.1, 0.15) is 0 Å². The van der Waals surface area contributed by atoms with Gasteiger partial charge in [0, 0.05) is 13.2 Å². The van der Waals surface area contributed by atoms with E-state index in [4.69, 9.17) is 10.8 Å². The molecule has 0 spiro atoms. The molecule has 0 saturated heterocycles. The lowest BCUT2D eigenvalue weighted by Gasteiger charge is -2.16. The second-order valence-electron chi connectivity index (χ2n) is 3.70. The number of nitrogens with two attached hydrogens (primary N) is 1. The van der Waals surface area contributed by atoms with E-state index in [1.165, 1.54) is 0 Å². The van der Waals surface area contributed by atoms with E-state index in [1.807, 2.05) is 0 Å². The molecule has 0 aromatic carbocycles. The molecule has 0 aliphatic rings. The molecule has 0 aromatic heterocycles. The Kier molecular flexibility index (Phi) is 7.42. The average molecular weight is 202 g/mol. The summed E-state index contributed by atoms with van der Waals surface area (Å²) in [4.78, 5) is 11.2. The van der Waals surface area contributed by atoms with Gasteiger partial charge in [0.2, 0.25) is 5.91 Å². The van der Waals surface area contributed by atoms with Crippen molar-refractivity contribution in [2.24, 2.45) is 11.7 Å². The maximum Gasteiger partial charge on any atom is 0.236 e. The summed E-state index contributed by atoms with van der Waals surface area (Å²) in [6.07, 6.45) is 2.84. The van der Waals surface area contributed by atoms with Gasteiger partial charge < -0.3 is 16.2 Å². The third kappa shape index (κ3) is 5.94. The standard InChI is InChI=1S/C10H22N2O2/c1-3-4-9(5-6-13)7-12-10(14)8(2)11/h8-9,13H,3-7,11H2,1-2H3,(H,12,14). The van der Waals surface area contributed by atoms with Crippen LogP contribution in [0.4, 0.5) is 0 Å². The molecule has 4 heteroatoms. The molecule has 0 aliphatic heterocycles. The Morgan fingerprint density at radius 1 is 1.50 bits per heavy atom. The quantitative estimate of drug-likeness (QED) is 0.554. The zero-order valence-electron chi connectivity index (χ0n) is 9.12. The molecule has 0 rings (SSSR count). The number of amides is 1. The van der Waals surface area contributed by atoms with Crippen molar-refractivity contribution in [1.82, 2.24) is 5.32 Å². The van der Waals surface area contributed by atoms with E-state index < -0.39 is 6.04 Å². The number of hydrogen-bond donors (Lipinski definition) is 3. The first-order valence-corrected chi connectivity index (χ1v) is 5.26.